The van der Waals surface area contributed by atoms with Crippen LogP contribution in [0.1, 0.15) is 35.7 Å². The number of esters is 1. The Bertz CT molecular complexity index is 1090. The molecule has 2 aromatic carbocycles. The van der Waals surface area contributed by atoms with Crippen molar-refractivity contribution in [3.63, 3.8) is 0 Å². The lowest BCUT2D eigenvalue weighted by Crippen LogP contribution is -2.35. The SMILES string of the molecule is CCOC(=O)C1=C(N)N2N=C(C)SC2=C(C(=O)c2ccccc2)C1c1ccccc1. The number of fused-ring (bicyclic) bond motifs is 1. The number of carbonyl (C=O) groups excluding carboxylic acids is 2. The summed E-state index contributed by atoms with van der Waals surface area (Å²) in [7, 11) is 0. The summed E-state index contributed by atoms with van der Waals surface area (Å²) in [6.07, 6.45) is 0. The highest BCUT2D eigenvalue weighted by atomic mass is 32.2. The third-order valence-corrected chi connectivity index (χ3v) is 5.86. The zero-order valence-corrected chi connectivity index (χ0v) is 17.5. The molecule has 2 aromatic rings. The second-order valence-corrected chi connectivity index (χ2v) is 7.99. The summed E-state index contributed by atoms with van der Waals surface area (Å²) in [6.45, 7) is 3.78. The fourth-order valence-corrected chi connectivity index (χ4v) is 4.58. The first-order chi connectivity index (χ1) is 14.5. The largest absolute Gasteiger partial charge is 0.463 e. The zero-order chi connectivity index (χ0) is 21.3. The molecule has 0 spiro atoms. The molecule has 2 aliphatic rings. The molecule has 4 rings (SSSR count). The lowest BCUT2D eigenvalue weighted by molar-refractivity contribution is -0.139. The Morgan fingerprint density at radius 1 is 1.07 bits per heavy atom. The molecule has 0 amide bonds. The molecule has 30 heavy (non-hydrogen) atoms. The Hall–Kier alpha value is -3.32. The molecule has 0 aliphatic carbocycles. The average molecular weight is 420 g/mol. The van der Waals surface area contributed by atoms with Crippen molar-refractivity contribution in [2.45, 2.75) is 19.8 Å². The molecule has 2 aliphatic heterocycles. The number of nitrogens with two attached hydrogens (primary N) is 1. The van der Waals surface area contributed by atoms with Crippen LogP contribution in [0.15, 0.2) is 87.8 Å². The van der Waals surface area contributed by atoms with Crippen molar-refractivity contribution in [3.8, 4) is 0 Å². The maximum atomic E-state index is 13.7. The second-order valence-electron chi connectivity index (χ2n) is 6.81. The third kappa shape index (κ3) is 3.41. The molecule has 0 saturated carbocycles. The predicted octanol–water partition coefficient (Wildman–Crippen LogP) is 3.99. The maximum absolute atomic E-state index is 13.7. The number of allylic oxidation sites excluding steroid dienone is 1. The highest BCUT2D eigenvalue weighted by Gasteiger charge is 2.44. The number of hydrogen-bond donors (Lipinski definition) is 1. The first-order valence-electron chi connectivity index (χ1n) is 9.61. The van der Waals surface area contributed by atoms with Gasteiger partial charge in [-0.3, -0.25) is 4.79 Å². The summed E-state index contributed by atoms with van der Waals surface area (Å²) >= 11 is 1.38. The molecule has 2 heterocycles. The molecular weight excluding hydrogens is 398 g/mol. The number of carbonyl (C=O) groups is 2. The van der Waals surface area contributed by atoms with Crippen molar-refractivity contribution in [1.29, 1.82) is 0 Å². The minimum absolute atomic E-state index is 0.170. The summed E-state index contributed by atoms with van der Waals surface area (Å²) in [5, 5.41) is 7.30. The van der Waals surface area contributed by atoms with Crippen LogP contribution in [0.5, 0.6) is 0 Å². The third-order valence-electron chi connectivity index (χ3n) is 4.90. The minimum atomic E-state index is -0.655. The van der Waals surface area contributed by atoms with Gasteiger partial charge in [0, 0.05) is 11.1 Å². The lowest BCUT2D eigenvalue weighted by Gasteiger charge is -2.33. The molecule has 0 bridgehead atoms. The number of rotatable bonds is 5. The van der Waals surface area contributed by atoms with Gasteiger partial charge in [0.05, 0.1) is 23.1 Å². The van der Waals surface area contributed by atoms with Gasteiger partial charge in [0.1, 0.15) is 10.9 Å². The quantitative estimate of drug-likeness (QED) is 0.583. The Kier molecular flexibility index (Phi) is 5.46. The van der Waals surface area contributed by atoms with Crippen molar-refractivity contribution in [3.05, 3.63) is 93.8 Å². The Balaban J connectivity index is 1.96. The van der Waals surface area contributed by atoms with E-state index >= 15 is 0 Å². The number of benzene rings is 2. The van der Waals surface area contributed by atoms with Crippen molar-refractivity contribution >= 4 is 28.6 Å². The van der Waals surface area contributed by atoms with Gasteiger partial charge in [0.15, 0.2) is 5.78 Å². The molecular formula is C23H21N3O3S. The van der Waals surface area contributed by atoms with Gasteiger partial charge in [0.2, 0.25) is 0 Å². The van der Waals surface area contributed by atoms with Gasteiger partial charge >= 0.3 is 5.97 Å². The van der Waals surface area contributed by atoms with Crippen molar-refractivity contribution in [2.75, 3.05) is 6.61 Å². The van der Waals surface area contributed by atoms with E-state index < -0.39 is 11.9 Å². The summed E-state index contributed by atoms with van der Waals surface area (Å²) in [4.78, 5) is 26.7. The number of Topliss-reactive ketones (excluding diaryl/α,β-unsaturated/α-hetero) is 1. The van der Waals surface area contributed by atoms with Gasteiger partial charge in [-0.05, 0) is 19.4 Å². The van der Waals surface area contributed by atoms with Gasteiger partial charge in [-0.25, -0.2) is 9.80 Å². The predicted molar refractivity (Wildman–Crippen MR) is 117 cm³/mol. The number of ether oxygens (including phenoxy) is 1. The average Bonchev–Trinajstić information content (AvgIpc) is 3.16. The van der Waals surface area contributed by atoms with Gasteiger partial charge < -0.3 is 10.5 Å². The van der Waals surface area contributed by atoms with Gasteiger partial charge in [-0.2, -0.15) is 5.10 Å². The minimum Gasteiger partial charge on any atom is -0.463 e. The first-order valence-corrected chi connectivity index (χ1v) is 10.4. The van der Waals surface area contributed by atoms with Gasteiger partial charge in [-0.1, -0.05) is 72.4 Å². The molecule has 0 saturated heterocycles. The van der Waals surface area contributed by atoms with E-state index in [0.29, 0.717) is 16.2 Å². The molecule has 152 valence electrons. The van der Waals surface area contributed by atoms with Crippen LogP contribution in [0, 0.1) is 0 Å². The van der Waals surface area contributed by atoms with E-state index in [1.807, 2.05) is 55.5 Å². The zero-order valence-electron chi connectivity index (χ0n) is 16.7. The van der Waals surface area contributed by atoms with Gasteiger partial charge in [-0.15, -0.1) is 0 Å². The molecule has 2 N–H and O–H groups in total. The second kappa shape index (κ2) is 8.20. The maximum Gasteiger partial charge on any atom is 0.338 e. The van der Waals surface area contributed by atoms with Crippen LogP contribution in [0.3, 0.4) is 0 Å². The lowest BCUT2D eigenvalue weighted by atomic mass is 9.79. The molecule has 0 aromatic heterocycles. The highest BCUT2D eigenvalue weighted by molar-refractivity contribution is 8.17. The fraction of sp³-hybridized carbons (Fsp3) is 0.174. The van der Waals surface area contributed by atoms with Crippen LogP contribution in [-0.4, -0.2) is 28.4 Å². The Morgan fingerprint density at radius 3 is 2.33 bits per heavy atom. The molecule has 1 unspecified atom stereocenters. The fourth-order valence-electron chi connectivity index (χ4n) is 3.64. The number of ketones is 1. The molecule has 1 atom stereocenters. The summed E-state index contributed by atoms with van der Waals surface area (Å²) in [6, 6.07) is 18.4. The van der Waals surface area contributed by atoms with E-state index in [-0.39, 0.29) is 23.8 Å². The normalized spacial score (nSPS) is 18.3. The summed E-state index contributed by atoms with van der Waals surface area (Å²) in [5.74, 6) is -1.19. The van der Waals surface area contributed by atoms with Crippen LogP contribution in [0.2, 0.25) is 0 Å². The topological polar surface area (TPSA) is 85.0 Å². The summed E-state index contributed by atoms with van der Waals surface area (Å²) in [5.41, 5.74) is 8.45. The van der Waals surface area contributed by atoms with Crippen LogP contribution in [0.4, 0.5) is 0 Å². The highest BCUT2D eigenvalue weighted by Crippen LogP contribution is 2.48. The molecule has 0 radical (unpaired) electrons. The molecule has 7 heteroatoms. The van der Waals surface area contributed by atoms with E-state index in [1.54, 1.807) is 19.1 Å². The van der Waals surface area contributed by atoms with E-state index in [9.17, 15) is 9.59 Å². The number of thioether (sulfide) groups is 1. The number of hydrogen-bond acceptors (Lipinski definition) is 7. The van der Waals surface area contributed by atoms with E-state index in [4.69, 9.17) is 10.5 Å². The van der Waals surface area contributed by atoms with Crippen molar-refractivity contribution in [2.24, 2.45) is 10.8 Å². The Labute approximate surface area is 179 Å². The van der Waals surface area contributed by atoms with Crippen LogP contribution < -0.4 is 5.73 Å². The number of hydrazone groups is 1. The first kappa shape index (κ1) is 20.0. The molecule has 0 fully saturated rings. The van der Waals surface area contributed by atoms with Crippen LogP contribution >= 0.6 is 11.8 Å². The molecule has 6 nitrogen and oxygen atoms in total. The van der Waals surface area contributed by atoms with Crippen molar-refractivity contribution in [1.82, 2.24) is 5.01 Å². The van der Waals surface area contributed by atoms with Crippen molar-refractivity contribution < 1.29 is 14.3 Å². The van der Waals surface area contributed by atoms with E-state index in [1.165, 1.54) is 16.8 Å². The number of nitrogens with zero attached hydrogens (tertiary/aromatic N) is 2. The monoisotopic (exact) mass is 419 g/mol. The van der Waals surface area contributed by atoms with Crippen LogP contribution in [-0.2, 0) is 9.53 Å². The summed E-state index contributed by atoms with van der Waals surface area (Å²) < 4.78 is 5.32. The van der Waals surface area contributed by atoms with E-state index in [0.717, 1.165) is 10.6 Å². The van der Waals surface area contributed by atoms with Crippen LogP contribution in [0.25, 0.3) is 0 Å². The standard InChI is InChI=1S/C23H21N3O3S/c1-3-29-23(28)19-17(15-10-6-4-7-11-15)18(20(27)16-12-8-5-9-13-16)22-26(21(19)24)25-14(2)30-22/h4-13,17H,3,24H2,1-2H3. The smallest absolute Gasteiger partial charge is 0.338 e. The van der Waals surface area contributed by atoms with E-state index in [2.05, 4.69) is 5.10 Å². The van der Waals surface area contributed by atoms with Gasteiger partial charge in [0.25, 0.3) is 0 Å². The Morgan fingerprint density at radius 2 is 1.70 bits per heavy atom.